The van der Waals surface area contributed by atoms with Crippen molar-refractivity contribution in [1.29, 1.82) is 0 Å². The number of hydrogen-bond acceptors (Lipinski definition) is 0. The van der Waals surface area contributed by atoms with Crippen molar-refractivity contribution in [3.63, 3.8) is 0 Å². The van der Waals surface area contributed by atoms with Gasteiger partial charge in [-0.05, 0) is 99.1 Å². The Morgan fingerprint density at radius 2 is 0.589 bits per heavy atom. The summed E-state index contributed by atoms with van der Waals surface area (Å²) in [4.78, 5) is 0. The molecular weight excluding hydrogens is 677 g/mol. The number of aromatic nitrogens is 2. The first kappa shape index (κ1) is 32.0. The fraction of sp³-hybridized carbons (Fsp3) is 0. The monoisotopic (exact) mass is 712 g/mol. The quantitative estimate of drug-likeness (QED) is 0.162. The summed E-state index contributed by atoms with van der Waals surface area (Å²) < 4.78 is 4.87. The zero-order valence-electron chi connectivity index (χ0n) is 30.7. The van der Waals surface area contributed by atoms with Gasteiger partial charge in [-0.25, -0.2) is 0 Å². The highest BCUT2D eigenvalue weighted by molar-refractivity contribution is 6.28. The molecule has 2 aromatic heterocycles. The van der Waals surface area contributed by atoms with Crippen molar-refractivity contribution in [2.45, 2.75) is 0 Å². The van der Waals surface area contributed by atoms with Crippen LogP contribution in [0.25, 0.3) is 99.5 Å². The highest BCUT2D eigenvalue weighted by Gasteiger charge is 2.20. The maximum absolute atomic E-state index is 2.44. The fourth-order valence-corrected chi connectivity index (χ4v) is 8.70. The molecule has 0 atom stereocenters. The van der Waals surface area contributed by atoms with Crippen LogP contribution in [0.1, 0.15) is 0 Å². The molecule has 0 saturated carbocycles. The lowest BCUT2D eigenvalue weighted by Gasteiger charge is -2.12. The van der Waals surface area contributed by atoms with Gasteiger partial charge in [0, 0.05) is 32.9 Å². The smallest absolute Gasteiger partial charge is 0.0548 e. The van der Waals surface area contributed by atoms with Gasteiger partial charge in [-0.2, -0.15) is 0 Å². The van der Waals surface area contributed by atoms with Crippen LogP contribution in [0.5, 0.6) is 0 Å². The lowest BCUT2D eigenvalue weighted by atomic mass is 9.99. The SMILES string of the molecule is c1ccc(-c2ccc(-c3ccc(-n4c5ccccc5c5c6c7ccccc7n(-c7cccc(-c8cccc(-c9ccccc9)c8)c7)c6ccc54)cc3)cc2)cc1. The highest BCUT2D eigenvalue weighted by atomic mass is 15.0. The molecule has 9 aromatic carbocycles. The average Bonchev–Trinajstić information content (AvgIpc) is 3.80. The van der Waals surface area contributed by atoms with Gasteiger partial charge in [0.2, 0.25) is 0 Å². The Bertz CT molecular complexity index is 3200. The maximum Gasteiger partial charge on any atom is 0.0548 e. The van der Waals surface area contributed by atoms with E-state index >= 15 is 0 Å². The lowest BCUT2D eigenvalue weighted by Crippen LogP contribution is -1.95. The summed E-state index contributed by atoms with van der Waals surface area (Å²) in [6.45, 7) is 0. The molecule has 0 spiro atoms. The number of hydrogen-bond donors (Lipinski definition) is 0. The summed E-state index contributed by atoms with van der Waals surface area (Å²) in [5, 5.41) is 5.06. The summed E-state index contributed by atoms with van der Waals surface area (Å²) in [5.74, 6) is 0. The van der Waals surface area contributed by atoms with Crippen LogP contribution in [0.4, 0.5) is 0 Å². The van der Waals surface area contributed by atoms with Crippen LogP contribution in [-0.4, -0.2) is 9.13 Å². The molecule has 0 unspecified atom stereocenters. The van der Waals surface area contributed by atoms with Crippen molar-refractivity contribution in [3.05, 3.63) is 218 Å². The zero-order valence-corrected chi connectivity index (χ0v) is 30.7. The molecule has 0 N–H and O–H groups in total. The summed E-state index contributed by atoms with van der Waals surface area (Å²) >= 11 is 0. The van der Waals surface area contributed by atoms with Crippen molar-refractivity contribution >= 4 is 43.6 Å². The van der Waals surface area contributed by atoms with E-state index in [1.807, 2.05) is 0 Å². The summed E-state index contributed by atoms with van der Waals surface area (Å²) in [6.07, 6.45) is 0. The summed E-state index contributed by atoms with van der Waals surface area (Å²) in [5.41, 5.74) is 16.8. The molecule has 0 aliphatic rings. The molecule has 0 bridgehead atoms. The van der Waals surface area contributed by atoms with E-state index in [0.717, 1.165) is 11.4 Å². The predicted octanol–water partition coefficient (Wildman–Crippen LogP) is 14.5. The molecular formula is C54H36N2. The van der Waals surface area contributed by atoms with Crippen LogP contribution in [-0.2, 0) is 0 Å². The molecule has 0 radical (unpaired) electrons. The van der Waals surface area contributed by atoms with E-state index in [1.54, 1.807) is 0 Å². The van der Waals surface area contributed by atoms with Gasteiger partial charge in [-0.1, -0.05) is 164 Å². The molecule has 2 heteroatoms. The highest BCUT2D eigenvalue weighted by Crippen LogP contribution is 2.43. The first-order chi connectivity index (χ1) is 27.8. The van der Waals surface area contributed by atoms with Crippen molar-refractivity contribution in [2.75, 3.05) is 0 Å². The number of para-hydroxylation sites is 2. The Labute approximate surface area is 325 Å². The largest absolute Gasteiger partial charge is 0.309 e. The van der Waals surface area contributed by atoms with E-state index in [1.165, 1.54) is 88.1 Å². The van der Waals surface area contributed by atoms with E-state index in [2.05, 4.69) is 228 Å². The van der Waals surface area contributed by atoms with Crippen molar-refractivity contribution < 1.29 is 0 Å². The molecule has 11 rings (SSSR count). The molecule has 0 saturated heterocycles. The third-order valence-electron chi connectivity index (χ3n) is 11.3. The molecule has 2 nitrogen and oxygen atoms in total. The van der Waals surface area contributed by atoms with Gasteiger partial charge >= 0.3 is 0 Å². The van der Waals surface area contributed by atoms with Crippen molar-refractivity contribution in [2.24, 2.45) is 0 Å². The van der Waals surface area contributed by atoms with Gasteiger partial charge in [0.15, 0.2) is 0 Å². The van der Waals surface area contributed by atoms with Gasteiger partial charge in [0.05, 0.1) is 22.1 Å². The van der Waals surface area contributed by atoms with Gasteiger partial charge in [-0.3, -0.25) is 0 Å². The first-order valence-electron chi connectivity index (χ1n) is 19.3. The molecule has 262 valence electrons. The number of fused-ring (bicyclic) bond motifs is 7. The topological polar surface area (TPSA) is 9.86 Å². The minimum atomic E-state index is 1.15. The van der Waals surface area contributed by atoms with Gasteiger partial charge in [0.25, 0.3) is 0 Å². The minimum absolute atomic E-state index is 1.15. The standard InChI is InChI=1S/C54H36N2/c1-3-13-37(14-4-1)39-25-27-40(28-26-39)41-29-31-45(32-30-41)55-49-23-9-7-21-47(49)53-51(55)33-34-52-54(53)48-22-8-10-24-50(48)56(52)46-20-12-19-44(36-46)43-18-11-17-42(35-43)38-15-5-2-6-16-38/h1-36H. The minimum Gasteiger partial charge on any atom is -0.309 e. The molecule has 56 heavy (non-hydrogen) atoms. The number of nitrogens with zero attached hydrogens (tertiary/aromatic N) is 2. The van der Waals surface area contributed by atoms with E-state index in [9.17, 15) is 0 Å². The Morgan fingerprint density at radius 1 is 0.214 bits per heavy atom. The van der Waals surface area contributed by atoms with Crippen molar-refractivity contribution in [3.8, 4) is 55.9 Å². The number of rotatable bonds is 6. The van der Waals surface area contributed by atoms with Crippen molar-refractivity contribution in [1.82, 2.24) is 9.13 Å². The second-order valence-corrected chi connectivity index (χ2v) is 14.5. The van der Waals surface area contributed by atoms with Crippen LogP contribution in [0, 0.1) is 0 Å². The molecule has 2 heterocycles. The molecule has 11 aromatic rings. The van der Waals surface area contributed by atoms with E-state index in [-0.39, 0.29) is 0 Å². The van der Waals surface area contributed by atoms with E-state index in [0.29, 0.717) is 0 Å². The average molecular weight is 713 g/mol. The second kappa shape index (κ2) is 13.2. The van der Waals surface area contributed by atoms with Crippen LogP contribution in [0.15, 0.2) is 218 Å². The van der Waals surface area contributed by atoms with E-state index < -0.39 is 0 Å². The van der Waals surface area contributed by atoms with Gasteiger partial charge < -0.3 is 9.13 Å². The molecule has 0 fully saturated rings. The van der Waals surface area contributed by atoms with Gasteiger partial charge in [0.1, 0.15) is 0 Å². The third-order valence-corrected chi connectivity index (χ3v) is 11.3. The molecule has 0 aliphatic heterocycles. The summed E-state index contributed by atoms with van der Waals surface area (Å²) in [7, 11) is 0. The van der Waals surface area contributed by atoms with E-state index in [4.69, 9.17) is 0 Å². The van der Waals surface area contributed by atoms with Crippen LogP contribution in [0.2, 0.25) is 0 Å². The lowest BCUT2D eigenvalue weighted by molar-refractivity contribution is 1.17. The Balaban J connectivity index is 1.04. The molecule has 0 amide bonds. The fourth-order valence-electron chi connectivity index (χ4n) is 8.70. The Morgan fingerprint density at radius 3 is 1.14 bits per heavy atom. The molecule has 0 aliphatic carbocycles. The number of benzene rings is 9. The second-order valence-electron chi connectivity index (χ2n) is 14.5. The summed E-state index contributed by atoms with van der Waals surface area (Å²) in [6, 6.07) is 79.3. The Kier molecular flexibility index (Phi) is 7.53. The maximum atomic E-state index is 2.44. The Hall–Kier alpha value is -7.42. The third kappa shape index (κ3) is 5.26. The predicted molar refractivity (Wildman–Crippen MR) is 237 cm³/mol. The zero-order chi connectivity index (χ0) is 37.0. The van der Waals surface area contributed by atoms with Gasteiger partial charge in [-0.15, -0.1) is 0 Å². The van der Waals surface area contributed by atoms with Crippen LogP contribution < -0.4 is 0 Å². The normalized spacial score (nSPS) is 11.6. The van der Waals surface area contributed by atoms with Crippen LogP contribution in [0.3, 0.4) is 0 Å². The first-order valence-corrected chi connectivity index (χ1v) is 19.3. The van der Waals surface area contributed by atoms with Crippen LogP contribution >= 0.6 is 0 Å².